The summed E-state index contributed by atoms with van der Waals surface area (Å²) < 4.78 is 1.78. The quantitative estimate of drug-likeness (QED) is 0.810. The molecule has 2 heterocycles. The van der Waals surface area contributed by atoms with Crippen LogP contribution in [-0.4, -0.2) is 27.2 Å². The second-order valence-corrected chi connectivity index (χ2v) is 4.09. The molecule has 16 heavy (non-hydrogen) atoms. The number of nitrogens with one attached hydrogen (secondary N) is 1. The zero-order valence-corrected chi connectivity index (χ0v) is 9.64. The Morgan fingerprint density at radius 1 is 1.56 bits per heavy atom. The Kier molecular flexibility index (Phi) is 3.05. The molecule has 0 spiro atoms. The minimum atomic E-state index is 0.200. The van der Waals surface area contributed by atoms with Crippen molar-refractivity contribution < 1.29 is 0 Å². The average molecular weight is 219 g/mol. The summed E-state index contributed by atoms with van der Waals surface area (Å²) in [5.74, 6) is 0.662. The van der Waals surface area contributed by atoms with Gasteiger partial charge in [-0.15, -0.1) is 5.10 Å². The Hall–Kier alpha value is -1.62. The lowest BCUT2D eigenvalue weighted by Gasteiger charge is -2.03. The van der Waals surface area contributed by atoms with Crippen molar-refractivity contribution in [2.75, 3.05) is 11.9 Å². The highest BCUT2D eigenvalue weighted by atomic mass is 15.3. The van der Waals surface area contributed by atoms with Gasteiger partial charge in [-0.3, -0.25) is 0 Å². The van der Waals surface area contributed by atoms with E-state index in [1.165, 1.54) is 0 Å². The summed E-state index contributed by atoms with van der Waals surface area (Å²) in [5.41, 5.74) is 7.68. The minimum absolute atomic E-state index is 0.200. The van der Waals surface area contributed by atoms with Crippen LogP contribution in [0.4, 0.5) is 5.95 Å². The first kappa shape index (κ1) is 10.9. The number of pyridine rings is 1. The topological polar surface area (TPSA) is 68.2 Å². The smallest absolute Gasteiger partial charge is 0.243 e. The highest BCUT2D eigenvalue weighted by Gasteiger charge is 2.04. The van der Waals surface area contributed by atoms with Crippen molar-refractivity contribution in [1.29, 1.82) is 0 Å². The Balaban J connectivity index is 2.11. The molecule has 2 aromatic heterocycles. The molecule has 0 aliphatic heterocycles. The van der Waals surface area contributed by atoms with Crippen LogP contribution >= 0.6 is 0 Å². The van der Waals surface area contributed by atoms with Crippen LogP contribution in [0.3, 0.4) is 0 Å². The molecule has 1 unspecified atom stereocenters. The molecular weight excluding hydrogens is 202 g/mol. The summed E-state index contributed by atoms with van der Waals surface area (Å²) in [5, 5.41) is 7.49. The van der Waals surface area contributed by atoms with Crippen molar-refractivity contribution in [3.8, 4) is 0 Å². The van der Waals surface area contributed by atoms with E-state index < -0.39 is 0 Å². The fourth-order valence-electron chi connectivity index (χ4n) is 1.53. The number of rotatable bonds is 4. The van der Waals surface area contributed by atoms with E-state index >= 15 is 0 Å². The first-order valence-electron chi connectivity index (χ1n) is 5.48. The molecule has 0 saturated heterocycles. The zero-order chi connectivity index (χ0) is 11.5. The fourth-order valence-corrected chi connectivity index (χ4v) is 1.53. The normalized spacial score (nSPS) is 12.9. The molecule has 0 bridgehead atoms. The summed E-state index contributed by atoms with van der Waals surface area (Å²) in [7, 11) is 0. The molecule has 5 heteroatoms. The predicted octanol–water partition coefficient (Wildman–Crippen LogP) is 1.19. The Labute approximate surface area is 94.7 Å². The Bertz CT molecular complexity index is 474. The second kappa shape index (κ2) is 4.49. The van der Waals surface area contributed by atoms with Crippen molar-refractivity contribution in [3.05, 3.63) is 23.9 Å². The van der Waals surface area contributed by atoms with E-state index in [2.05, 4.69) is 15.4 Å². The number of hydrogen-bond donors (Lipinski definition) is 2. The van der Waals surface area contributed by atoms with Gasteiger partial charge in [-0.05, 0) is 31.9 Å². The molecule has 0 aliphatic carbocycles. The van der Waals surface area contributed by atoms with Crippen molar-refractivity contribution in [2.24, 2.45) is 5.73 Å². The summed E-state index contributed by atoms with van der Waals surface area (Å²) in [6, 6.07) is 4.18. The second-order valence-electron chi connectivity index (χ2n) is 4.09. The van der Waals surface area contributed by atoms with Crippen molar-refractivity contribution in [3.63, 3.8) is 0 Å². The first-order chi connectivity index (χ1) is 7.66. The Morgan fingerprint density at radius 2 is 2.38 bits per heavy atom. The number of fused-ring (bicyclic) bond motifs is 1. The lowest BCUT2D eigenvalue weighted by molar-refractivity contribution is 0.688. The largest absolute Gasteiger partial charge is 0.353 e. The van der Waals surface area contributed by atoms with Gasteiger partial charge in [0.1, 0.15) is 0 Å². The number of anilines is 1. The molecule has 86 valence electrons. The van der Waals surface area contributed by atoms with E-state index in [1.54, 1.807) is 4.52 Å². The van der Waals surface area contributed by atoms with Gasteiger partial charge in [0.2, 0.25) is 5.95 Å². The molecule has 0 aliphatic rings. The number of aryl methyl sites for hydroxylation is 1. The summed E-state index contributed by atoms with van der Waals surface area (Å²) in [6.45, 7) is 4.81. The maximum Gasteiger partial charge on any atom is 0.243 e. The van der Waals surface area contributed by atoms with Crippen LogP contribution in [0.2, 0.25) is 0 Å². The molecule has 1 atom stereocenters. The number of nitrogens with two attached hydrogens (primary N) is 1. The maximum absolute atomic E-state index is 5.67. The molecule has 2 rings (SSSR count). The van der Waals surface area contributed by atoms with Crippen molar-refractivity contribution >= 4 is 11.6 Å². The molecule has 0 radical (unpaired) electrons. The van der Waals surface area contributed by atoms with Gasteiger partial charge in [-0.2, -0.15) is 4.98 Å². The summed E-state index contributed by atoms with van der Waals surface area (Å²) in [6.07, 6.45) is 2.81. The zero-order valence-electron chi connectivity index (χ0n) is 9.64. The van der Waals surface area contributed by atoms with E-state index in [9.17, 15) is 0 Å². The minimum Gasteiger partial charge on any atom is -0.353 e. The third-order valence-electron chi connectivity index (χ3n) is 2.44. The highest BCUT2D eigenvalue weighted by molar-refractivity contribution is 5.49. The molecule has 0 amide bonds. The van der Waals surface area contributed by atoms with E-state index in [0.717, 1.165) is 24.2 Å². The van der Waals surface area contributed by atoms with Gasteiger partial charge in [0.15, 0.2) is 5.65 Å². The predicted molar refractivity (Wildman–Crippen MR) is 64.5 cm³/mol. The number of hydrogen-bond acceptors (Lipinski definition) is 4. The van der Waals surface area contributed by atoms with Crippen LogP contribution in [0.5, 0.6) is 0 Å². The first-order valence-corrected chi connectivity index (χ1v) is 5.48. The van der Waals surface area contributed by atoms with Crippen molar-refractivity contribution in [2.45, 2.75) is 26.3 Å². The number of aromatic nitrogens is 3. The Morgan fingerprint density at radius 3 is 3.06 bits per heavy atom. The highest BCUT2D eigenvalue weighted by Crippen LogP contribution is 2.09. The van der Waals surface area contributed by atoms with Gasteiger partial charge in [0.05, 0.1) is 0 Å². The molecule has 3 N–H and O–H groups in total. The van der Waals surface area contributed by atoms with Crippen LogP contribution in [0.25, 0.3) is 5.65 Å². The van der Waals surface area contributed by atoms with Crippen LogP contribution in [0, 0.1) is 6.92 Å². The van der Waals surface area contributed by atoms with Crippen LogP contribution < -0.4 is 11.1 Å². The van der Waals surface area contributed by atoms with Gasteiger partial charge < -0.3 is 11.1 Å². The van der Waals surface area contributed by atoms with Crippen LogP contribution in [0.1, 0.15) is 18.9 Å². The third-order valence-corrected chi connectivity index (χ3v) is 2.44. The lowest BCUT2D eigenvalue weighted by atomic mass is 10.2. The molecule has 0 aromatic carbocycles. The molecule has 0 fully saturated rings. The van der Waals surface area contributed by atoms with E-state index in [4.69, 9.17) is 5.73 Å². The fraction of sp³-hybridized carbons (Fsp3) is 0.455. The van der Waals surface area contributed by atoms with E-state index in [0.29, 0.717) is 5.95 Å². The lowest BCUT2D eigenvalue weighted by Crippen LogP contribution is -2.19. The standard InChI is InChI=1S/C11H17N5/c1-8-4-3-7-16-10(8)14-11(15-16)13-6-5-9(2)12/h3-4,7,9H,5-6,12H2,1-2H3,(H,13,15). The summed E-state index contributed by atoms with van der Waals surface area (Å²) >= 11 is 0. The maximum atomic E-state index is 5.67. The van der Waals surface area contributed by atoms with Gasteiger partial charge in [-0.1, -0.05) is 6.07 Å². The molecule has 2 aromatic rings. The van der Waals surface area contributed by atoms with Crippen molar-refractivity contribution in [1.82, 2.24) is 14.6 Å². The van der Waals surface area contributed by atoms with Gasteiger partial charge in [0.25, 0.3) is 0 Å². The van der Waals surface area contributed by atoms with E-state index in [-0.39, 0.29) is 6.04 Å². The van der Waals surface area contributed by atoms with E-state index in [1.807, 2.05) is 32.2 Å². The van der Waals surface area contributed by atoms with Crippen LogP contribution in [-0.2, 0) is 0 Å². The molecular formula is C11H17N5. The SMILES string of the molecule is Cc1cccn2nc(NCCC(C)N)nc12. The van der Waals surface area contributed by atoms with Gasteiger partial charge in [0, 0.05) is 18.8 Å². The average Bonchev–Trinajstić information content (AvgIpc) is 2.61. The monoisotopic (exact) mass is 219 g/mol. The molecule has 0 saturated carbocycles. The summed E-state index contributed by atoms with van der Waals surface area (Å²) in [4.78, 5) is 4.41. The number of nitrogens with zero attached hydrogens (tertiary/aromatic N) is 3. The van der Waals surface area contributed by atoms with Gasteiger partial charge in [-0.25, -0.2) is 4.52 Å². The van der Waals surface area contributed by atoms with Crippen LogP contribution in [0.15, 0.2) is 18.3 Å². The van der Waals surface area contributed by atoms with Gasteiger partial charge >= 0.3 is 0 Å². The molecule has 5 nitrogen and oxygen atoms in total. The third kappa shape index (κ3) is 2.30.